The first-order chi connectivity index (χ1) is 17.5. The van der Waals surface area contributed by atoms with Gasteiger partial charge in [-0.15, -0.1) is 0 Å². The van der Waals surface area contributed by atoms with E-state index in [1.54, 1.807) is 29.7 Å². The van der Waals surface area contributed by atoms with Gasteiger partial charge in [-0.25, -0.2) is 4.79 Å². The fraction of sp³-hybridized carbons (Fsp3) is 0.267. The summed E-state index contributed by atoms with van der Waals surface area (Å²) in [6, 6.07) is 24.4. The van der Waals surface area contributed by atoms with E-state index < -0.39 is 6.09 Å². The normalized spacial score (nSPS) is 14.9. The van der Waals surface area contributed by atoms with Crippen molar-refractivity contribution in [3.05, 3.63) is 105 Å². The molecule has 1 saturated carbocycles. The van der Waals surface area contributed by atoms with Gasteiger partial charge in [-0.1, -0.05) is 91.5 Å². The van der Waals surface area contributed by atoms with Crippen molar-refractivity contribution in [1.29, 1.82) is 0 Å². The summed E-state index contributed by atoms with van der Waals surface area (Å²) in [5.74, 6) is 0.670. The number of pyridine rings is 1. The zero-order valence-corrected chi connectivity index (χ0v) is 21.0. The number of carbonyl (C=O) groups excluding carboxylic acids is 1. The smallest absolute Gasteiger partial charge is 0.408 e. The number of nitrogens with zero attached hydrogens (tertiary/aromatic N) is 1. The minimum absolute atomic E-state index is 0.144. The Morgan fingerprint density at radius 3 is 2.31 bits per heavy atom. The van der Waals surface area contributed by atoms with E-state index in [2.05, 4.69) is 17.4 Å². The lowest BCUT2D eigenvalue weighted by Crippen LogP contribution is -2.36. The highest BCUT2D eigenvalue weighted by Crippen LogP contribution is 2.36. The number of nitrogens with one attached hydrogen (secondary N) is 1. The number of amides is 1. The summed E-state index contributed by atoms with van der Waals surface area (Å²) < 4.78 is 7.55. The molecule has 0 bridgehead atoms. The van der Waals surface area contributed by atoms with Crippen molar-refractivity contribution in [2.24, 2.45) is 5.92 Å². The molecule has 0 unspecified atom stereocenters. The Hall–Kier alpha value is -3.57. The molecule has 5 nitrogen and oxygen atoms in total. The molecular weight excluding hydrogens is 472 g/mol. The summed E-state index contributed by atoms with van der Waals surface area (Å²) in [5, 5.41) is 4.30. The molecular formula is C30H29ClN2O3. The molecule has 3 aromatic carbocycles. The van der Waals surface area contributed by atoms with Gasteiger partial charge in [0.25, 0.3) is 5.56 Å². The van der Waals surface area contributed by atoms with Crippen molar-refractivity contribution in [3.63, 3.8) is 0 Å². The molecule has 1 fully saturated rings. The Bertz CT molecular complexity index is 1430. The molecule has 1 atom stereocenters. The molecule has 1 amide bonds. The summed E-state index contributed by atoms with van der Waals surface area (Å²) in [7, 11) is 0. The molecule has 36 heavy (non-hydrogen) atoms. The molecule has 1 aliphatic rings. The standard InChI is InChI=1S/C30H29ClN2O3/c1-20-28(24-18-11-19-25(31)26(24)29(34)33(20)23-16-9-4-10-17-23)36-30(35)32-27(21-12-5-2-6-13-21)22-14-7-3-8-15-22/h2,4-6,9-13,16-19,22,27H,3,7-8,14-15H2,1H3,(H,32,35)/t27-/m1/s1. The number of hydrogen-bond acceptors (Lipinski definition) is 3. The van der Waals surface area contributed by atoms with E-state index in [0.29, 0.717) is 38.8 Å². The van der Waals surface area contributed by atoms with Crippen molar-refractivity contribution in [2.75, 3.05) is 0 Å². The second kappa shape index (κ2) is 10.6. The molecule has 6 heteroatoms. The van der Waals surface area contributed by atoms with Crippen LogP contribution in [-0.4, -0.2) is 10.7 Å². The number of ether oxygens (including phenoxy) is 1. The van der Waals surface area contributed by atoms with E-state index in [1.807, 2.05) is 48.5 Å². The maximum absolute atomic E-state index is 13.5. The first kappa shape index (κ1) is 24.1. The van der Waals surface area contributed by atoms with Crippen LogP contribution < -0.4 is 15.6 Å². The minimum Gasteiger partial charge on any atom is -0.408 e. The van der Waals surface area contributed by atoms with Gasteiger partial charge < -0.3 is 10.1 Å². The third-order valence-corrected chi connectivity index (χ3v) is 7.42. The van der Waals surface area contributed by atoms with Gasteiger partial charge in [0.15, 0.2) is 5.75 Å². The van der Waals surface area contributed by atoms with Crippen LogP contribution in [0.2, 0.25) is 5.02 Å². The van der Waals surface area contributed by atoms with Crippen LogP contribution in [0, 0.1) is 12.8 Å². The highest BCUT2D eigenvalue weighted by atomic mass is 35.5. The van der Waals surface area contributed by atoms with E-state index in [0.717, 1.165) is 31.2 Å². The van der Waals surface area contributed by atoms with E-state index in [-0.39, 0.29) is 11.6 Å². The Balaban J connectivity index is 1.55. The number of rotatable bonds is 5. The van der Waals surface area contributed by atoms with E-state index in [4.69, 9.17) is 16.3 Å². The van der Waals surface area contributed by atoms with Gasteiger partial charge in [0.1, 0.15) is 0 Å². The Morgan fingerprint density at radius 2 is 1.61 bits per heavy atom. The van der Waals surface area contributed by atoms with Crippen molar-refractivity contribution >= 4 is 28.5 Å². The highest BCUT2D eigenvalue weighted by Gasteiger charge is 2.28. The molecule has 4 aromatic rings. The van der Waals surface area contributed by atoms with Crippen molar-refractivity contribution in [1.82, 2.24) is 9.88 Å². The third kappa shape index (κ3) is 4.76. The molecule has 184 valence electrons. The maximum Gasteiger partial charge on any atom is 0.413 e. The Morgan fingerprint density at radius 1 is 0.944 bits per heavy atom. The van der Waals surface area contributed by atoms with Crippen LogP contribution in [0.3, 0.4) is 0 Å². The second-order valence-corrected chi connectivity index (χ2v) is 9.78. The largest absolute Gasteiger partial charge is 0.413 e. The van der Waals surface area contributed by atoms with Gasteiger partial charge in [0, 0.05) is 11.1 Å². The van der Waals surface area contributed by atoms with Crippen LogP contribution in [0.25, 0.3) is 16.5 Å². The van der Waals surface area contributed by atoms with Crippen molar-refractivity contribution in [3.8, 4) is 11.4 Å². The molecule has 0 radical (unpaired) electrons. The molecule has 0 spiro atoms. The molecule has 1 aliphatic carbocycles. The number of aromatic nitrogens is 1. The number of benzene rings is 3. The van der Waals surface area contributed by atoms with Crippen LogP contribution >= 0.6 is 11.6 Å². The number of carbonyl (C=O) groups is 1. The monoisotopic (exact) mass is 500 g/mol. The van der Waals surface area contributed by atoms with Gasteiger partial charge in [-0.2, -0.15) is 0 Å². The lowest BCUT2D eigenvalue weighted by atomic mass is 9.81. The molecule has 1 heterocycles. The second-order valence-electron chi connectivity index (χ2n) is 9.37. The van der Waals surface area contributed by atoms with Crippen LogP contribution in [0.5, 0.6) is 5.75 Å². The van der Waals surface area contributed by atoms with Gasteiger partial charge in [-0.05, 0) is 49.4 Å². The fourth-order valence-electron chi connectivity index (χ4n) is 5.36. The average Bonchev–Trinajstić information content (AvgIpc) is 2.91. The van der Waals surface area contributed by atoms with E-state index >= 15 is 0 Å². The van der Waals surface area contributed by atoms with E-state index in [9.17, 15) is 9.59 Å². The van der Waals surface area contributed by atoms with Gasteiger partial charge in [0.05, 0.1) is 22.1 Å². The number of hydrogen-bond donors (Lipinski definition) is 1. The highest BCUT2D eigenvalue weighted by molar-refractivity contribution is 6.35. The zero-order valence-electron chi connectivity index (χ0n) is 20.2. The van der Waals surface area contributed by atoms with Crippen molar-refractivity contribution in [2.45, 2.75) is 45.1 Å². The predicted octanol–water partition coefficient (Wildman–Crippen LogP) is 7.36. The fourth-order valence-corrected chi connectivity index (χ4v) is 5.61. The SMILES string of the molecule is Cc1c(OC(=O)N[C@H](c2ccccc2)C2CCCCC2)c2cccc(Cl)c2c(=O)n1-c1ccccc1. The molecule has 1 N–H and O–H groups in total. The summed E-state index contributed by atoms with van der Waals surface area (Å²) in [4.78, 5) is 26.9. The third-order valence-electron chi connectivity index (χ3n) is 7.10. The zero-order chi connectivity index (χ0) is 25.1. The van der Waals surface area contributed by atoms with Crippen LogP contribution in [0.15, 0.2) is 83.7 Å². The maximum atomic E-state index is 13.5. The van der Waals surface area contributed by atoms with Crippen LogP contribution in [0.4, 0.5) is 4.79 Å². The number of fused-ring (bicyclic) bond motifs is 1. The first-order valence-corrected chi connectivity index (χ1v) is 12.8. The lowest BCUT2D eigenvalue weighted by Gasteiger charge is -2.31. The Kier molecular flexibility index (Phi) is 7.10. The molecule has 1 aromatic heterocycles. The summed E-state index contributed by atoms with van der Waals surface area (Å²) in [6.45, 7) is 1.78. The minimum atomic E-state index is -0.544. The van der Waals surface area contributed by atoms with Crippen LogP contribution in [-0.2, 0) is 0 Å². The van der Waals surface area contributed by atoms with E-state index in [1.165, 1.54) is 6.42 Å². The Labute approximate surface area is 215 Å². The summed E-state index contributed by atoms with van der Waals surface area (Å²) >= 11 is 6.48. The molecule has 0 aliphatic heterocycles. The predicted molar refractivity (Wildman–Crippen MR) is 144 cm³/mol. The molecule has 5 rings (SSSR count). The summed E-state index contributed by atoms with van der Waals surface area (Å²) in [6.07, 6.45) is 5.14. The number of halogens is 1. The van der Waals surface area contributed by atoms with Crippen molar-refractivity contribution < 1.29 is 9.53 Å². The lowest BCUT2D eigenvalue weighted by molar-refractivity contribution is 0.184. The molecule has 0 saturated heterocycles. The van der Waals surface area contributed by atoms with Gasteiger partial charge in [-0.3, -0.25) is 9.36 Å². The topological polar surface area (TPSA) is 60.3 Å². The van der Waals surface area contributed by atoms with Crippen LogP contribution in [0.1, 0.15) is 49.4 Å². The quantitative estimate of drug-likeness (QED) is 0.311. The average molecular weight is 501 g/mol. The van der Waals surface area contributed by atoms with Gasteiger partial charge in [0.2, 0.25) is 0 Å². The summed E-state index contributed by atoms with van der Waals surface area (Å²) in [5.41, 5.74) is 2.03. The first-order valence-electron chi connectivity index (χ1n) is 12.5. The van der Waals surface area contributed by atoms with Gasteiger partial charge >= 0.3 is 6.09 Å². The number of para-hydroxylation sites is 1.